The Kier molecular flexibility index (Phi) is 2.70. The van der Waals surface area contributed by atoms with Crippen LogP contribution in [0.5, 0.6) is 5.75 Å². The Bertz CT molecular complexity index is 381. The minimum atomic E-state index is -0.155. The summed E-state index contributed by atoms with van der Waals surface area (Å²) < 4.78 is 6.10. The average Bonchev–Trinajstić information content (AvgIpc) is 2.14. The molecule has 88 valence electrons. The molecule has 1 aromatic rings. The molecule has 1 aliphatic heterocycles. The van der Waals surface area contributed by atoms with Crippen molar-refractivity contribution in [1.29, 1.82) is 0 Å². The van der Waals surface area contributed by atoms with Crippen molar-refractivity contribution >= 4 is 0 Å². The summed E-state index contributed by atoms with van der Waals surface area (Å²) in [5.74, 6) is 1.48. The smallest absolute Gasteiger partial charge is 0.128 e. The van der Waals surface area contributed by atoms with E-state index in [9.17, 15) is 0 Å². The Balaban J connectivity index is 2.53. The molecule has 0 saturated carbocycles. The van der Waals surface area contributed by atoms with Gasteiger partial charge in [-0.1, -0.05) is 32.0 Å². The van der Waals surface area contributed by atoms with Gasteiger partial charge in [-0.15, -0.1) is 0 Å². The molecule has 1 heterocycles. The summed E-state index contributed by atoms with van der Waals surface area (Å²) in [4.78, 5) is 0. The van der Waals surface area contributed by atoms with Gasteiger partial charge < -0.3 is 10.5 Å². The third-order valence-electron chi connectivity index (χ3n) is 3.19. The van der Waals surface area contributed by atoms with Crippen LogP contribution in [0.15, 0.2) is 18.2 Å². The molecule has 2 heteroatoms. The van der Waals surface area contributed by atoms with E-state index < -0.39 is 0 Å². The minimum absolute atomic E-state index is 0.0949. The molecule has 0 amide bonds. The van der Waals surface area contributed by atoms with Crippen molar-refractivity contribution in [3.8, 4) is 5.75 Å². The van der Waals surface area contributed by atoms with Crippen LogP contribution >= 0.6 is 0 Å². The summed E-state index contributed by atoms with van der Waals surface area (Å²) in [6, 6.07) is 6.39. The first kappa shape index (κ1) is 11.5. The first-order valence-corrected chi connectivity index (χ1v) is 5.98. The Morgan fingerprint density at radius 2 is 2.06 bits per heavy atom. The van der Waals surface area contributed by atoms with Crippen molar-refractivity contribution in [2.24, 2.45) is 5.73 Å². The van der Waals surface area contributed by atoms with Gasteiger partial charge in [-0.2, -0.15) is 0 Å². The van der Waals surface area contributed by atoms with Crippen molar-refractivity contribution in [1.82, 2.24) is 0 Å². The van der Waals surface area contributed by atoms with E-state index in [0.717, 1.165) is 17.7 Å². The molecule has 0 aromatic heterocycles. The van der Waals surface area contributed by atoms with Crippen molar-refractivity contribution in [2.45, 2.75) is 51.7 Å². The molecule has 2 N–H and O–H groups in total. The number of para-hydroxylation sites is 1. The van der Waals surface area contributed by atoms with E-state index in [1.54, 1.807) is 0 Å². The second-order valence-corrected chi connectivity index (χ2v) is 5.59. The SMILES string of the molecule is CC(C)c1cccc2c1OC(C)(C)CC2N. The zero-order valence-electron chi connectivity index (χ0n) is 10.6. The second kappa shape index (κ2) is 3.77. The van der Waals surface area contributed by atoms with E-state index in [0.29, 0.717) is 5.92 Å². The Morgan fingerprint density at radius 1 is 1.38 bits per heavy atom. The van der Waals surface area contributed by atoms with Crippen LogP contribution < -0.4 is 10.5 Å². The van der Waals surface area contributed by atoms with Gasteiger partial charge in [-0.3, -0.25) is 0 Å². The zero-order chi connectivity index (χ0) is 11.9. The van der Waals surface area contributed by atoms with Crippen molar-refractivity contribution < 1.29 is 4.74 Å². The molecular formula is C14H21NO. The summed E-state index contributed by atoms with van der Waals surface area (Å²) in [5, 5.41) is 0. The van der Waals surface area contributed by atoms with Gasteiger partial charge in [-0.05, 0) is 25.3 Å². The summed E-state index contributed by atoms with van der Waals surface area (Å²) in [5.41, 5.74) is 8.48. The highest BCUT2D eigenvalue weighted by molar-refractivity contribution is 5.46. The maximum atomic E-state index is 6.21. The van der Waals surface area contributed by atoms with Crippen LogP contribution in [0.4, 0.5) is 0 Å². The molecule has 1 aliphatic rings. The molecule has 0 bridgehead atoms. The molecule has 0 radical (unpaired) electrons. The number of hydrogen-bond donors (Lipinski definition) is 1. The van der Waals surface area contributed by atoms with E-state index in [-0.39, 0.29) is 11.6 Å². The molecule has 0 fully saturated rings. The van der Waals surface area contributed by atoms with Gasteiger partial charge in [0.25, 0.3) is 0 Å². The van der Waals surface area contributed by atoms with Crippen LogP contribution in [-0.4, -0.2) is 5.60 Å². The lowest BCUT2D eigenvalue weighted by atomic mass is 9.87. The van der Waals surface area contributed by atoms with E-state index in [1.165, 1.54) is 5.56 Å². The van der Waals surface area contributed by atoms with Crippen LogP contribution in [0.3, 0.4) is 0 Å². The van der Waals surface area contributed by atoms with Crippen molar-refractivity contribution in [3.05, 3.63) is 29.3 Å². The van der Waals surface area contributed by atoms with Gasteiger partial charge >= 0.3 is 0 Å². The quantitative estimate of drug-likeness (QED) is 0.786. The highest BCUT2D eigenvalue weighted by Gasteiger charge is 2.33. The van der Waals surface area contributed by atoms with E-state index in [2.05, 4.69) is 45.9 Å². The molecule has 2 rings (SSSR count). The number of benzene rings is 1. The molecule has 1 unspecified atom stereocenters. The standard InChI is InChI=1S/C14H21NO/c1-9(2)10-6-5-7-11-12(15)8-14(3,4)16-13(10)11/h5-7,9,12H,8,15H2,1-4H3. The normalized spacial score (nSPS) is 22.8. The van der Waals surface area contributed by atoms with Crippen LogP contribution in [0.25, 0.3) is 0 Å². The molecule has 0 aliphatic carbocycles. The van der Waals surface area contributed by atoms with Crippen LogP contribution in [0.1, 0.15) is 57.2 Å². The van der Waals surface area contributed by atoms with Crippen LogP contribution in [0.2, 0.25) is 0 Å². The predicted octanol–water partition coefficient (Wildman–Crippen LogP) is 3.37. The lowest BCUT2D eigenvalue weighted by Crippen LogP contribution is -2.37. The van der Waals surface area contributed by atoms with Crippen LogP contribution in [0, 0.1) is 0 Å². The fourth-order valence-corrected chi connectivity index (χ4v) is 2.40. The monoisotopic (exact) mass is 219 g/mol. The minimum Gasteiger partial charge on any atom is -0.487 e. The van der Waals surface area contributed by atoms with Crippen LogP contribution in [-0.2, 0) is 0 Å². The third-order valence-corrected chi connectivity index (χ3v) is 3.19. The highest BCUT2D eigenvalue weighted by Crippen LogP contribution is 2.42. The largest absolute Gasteiger partial charge is 0.487 e. The van der Waals surface area contributed by atoms with E-state index in [4.69, 9.17) is 10.5 Å². The first-order valence-electron chi connectivity index (χ1n) is 5.98. The van der Waals surface area contributed by atoms with Crippen molar-refractivity contribution in [3.63, 3.8) is 0 Å². The molecule has 16 heavy (non-hydrogen) atoms. The maximum absolute atomic E-state index is 6.21. The maximum Gasteiger partial charge on any atom is 0.128 e. The summed E-state index contributed by atoms with van der Waals surface area (Å²) in [6.07, 6.45) is 0.877. The zero-order valence-corrected chi connectivity index (χ0v) is 10.6. The Morgan fingerprint density at radius 3 is 2.69 bits per heavy atom. The van der Waals surface area contributed by atoms with Gasteiger partial charge in [0.05, 0.1) is 0 Å². The summed E-state index contributed by atoms with van der Waals surface area (Å²) in [6.45, 7) is 8.58. The average molecular weight is 219 g/mol. The molecule has 0 spiro atoms. The molecule has 1 atom stereocenters. The number of rotatable bonds is 1. The number of nitrogens with two attached hydrogens (primary N) is 1. The van der Waals surface area contributed by atoms with Gasteiger partial charge in [0.2, 0.25) is 0 Å². The number of ether oxygens (including phenoxy) is 1. The lowest BCUT2D eigenvalue weighted by molar-refractivity contribution is 0.0712. The molecule has 1 aromatic carbocycles. The van der Waals surface area contributed by atoms with E-state index >= 15 is 0 Å². The summed E-state index contributed by atoms with van der Waals surface area (Å²) >= 11 is 0. The Labute approximate surface area is 97.8 Å². The van der Waals surface area contributed by atoms with Gasteiger partial charge in [-0.25, -0.2) is 0 Å². The number of hydrogen-bond acceptors (Lipinski definition) is 2. The molecule has 2 nitrogen and oxygen atoms in total. The van der Waals surface area contributed by atoms with Gasteiger partial charge in [0.15, 0.2) is 0 Å². The fraction of sp³-hybridized carbons (Fsp3) is 0.571. The highest BCUT2D eigenvalue weighted by atomic mass is 16.5. The first-order chi connectivity index (χ1) is 7.41. The fourth-order valence-electron chi connectivity index (χ4n) is 2.40. The molecular weight excluding hydrogens is 198 g/mol. The number of fused-ring (bicyclic) bond motifs is 1. The molecule has 0 saturated heterocycles. The van der Waals surface area contributed by atoms with E-state index in [1.807, 2.05) is 0 Å². The van der Waals surface area contributed by atoms with Crippen molar-refractivity contribution in [2.75, 3.05) is 0 Å². The third kappa shape index (κ3) is 1.94. The van der Waals surface area contributed by atoms with Gasteiger partial charge in [0.1, 0.15) is 11.4 Å². The van der Waals surface area contributed by atoms with Gasteiger partial charge in [0, 0.05) is 18.0 Å². The summed E-state index contributed by atoms with van der Waals surface area (Å²) in [7, 11) is 0. The second-order valence-electron chi connectivity index (χ2n) is 5.59. The lowest BCUT2D eigenvalue weighted by Gasteiger charge is -2.37. The predicted molar refractivity (Wildman–Crippen MR) is 66.8 cm³/mol. The topological polar surface area (TPSA) is 35.2 Å². The Hall–Kier alpha value is -1.02.